The summed E-state index contributed by atoms with van der Waals surface area (Å²) < 4.78 is 1.23. The number of hydrogen-bond donors (Lipinski definition) is 0. The van der Waals surface area contributed by atoms with E-state index in [1.807, 2.05) is 12.3 Å². The molecule has 3 heteroatoms. The number of benzene rings is 8. The lowest BCUT2D eigenvalue weighted by molar-refractivity contribution is 1.30. The molecule has 2 heterocycles. The van der Waals surface area contributed by atoms with Crippen LogP contribution in [0.3, 0.4) is 0 Å². The SMILES string of the molecule is c1ccc(-c2ccc(N(c3ccc(-c4cc5c6ccccc6ccc5c5ccccc45)cc3)c3cccc4c3sc3ncccc34)cc2)cc1. The first-order chi connectivity index (χ1) is 24.8. The van der Waals surface area contributed by atoms with Crippen LogP contribution in [-0.2, 0) is 0 Å². The minimum atomic E-state index is 1.06. The maximum Gasteiger partial charge on any atom is 0.124 e. The molecular weight excluding hydrogens is 625 g/mol. The van der Waals surface area contributed by atoms with Gasteiger partial charge in [0.2, 0.25) is 0 Å². The molecule has 0 fully saturated rings. The summed E-state index contributed by atoms with van der Waals surface area (Å²) in [4.78, 5) is 8.17. The third-order valence-electron chi connectivity index (χ3n) is 9.93. The summed E-state index contributed by atoms with van der Waals surface area (Å²) in [5.41, 5.74) is 8.21. The molecule has 0 N–H and O–H groups in total. The smallest absolute Gasteiger partial charge is 0.124 e. The van der Waals surface area contributed by atoms with Gasteiger partial charge in [0.05, 0.1) is 10.4 Å². The zero-order chi connectivity index (χ0) is 33.0. The molecule has 0 spiro atoms. The van der Waals surface area contributed by atoms with Gasteiger partial charge in [-0.15, -0.1) is 11.3 Å². The van der Waals surface area contributed by atoms with Crippen molar-refractivity contribution < 1.29 is 0 Å². The number of hydrogen-bond acceptors (Lipinski definition) is 3. The van der Waals surface area contributed by atoms with E-state index in [1.54, 1.807) is 11.3 Å². The lowest BCUT2D eigenvalue weighted by atomic mass is 9.91. The fourth-order valence-electron chi connectivity index (χ4n) is 7.54. The van der Waals surface area contributed by atoms with Gasteiger partial charge in [-0.3, -0.25) is 0 Å². The van der Waals surface area contributed by atoms with E-state index in [9.17, 15) is 0 Å². The van der Waals surface area contributed by atoms with Gasteiger partial charge >= 0.3 is 0 Å². The standard InChI is InChI=1S/C47H30N2S/c1-2-10-31(11-3-1)32-19-24-35(25-20-32)49(45-18-8-16-41-42-17-9-29-48-47(42)50-46(41)45)36-26-21-34(22-27-36)43-30-44-37-13-5-4-12-33(37)23-28-40(44)38-14-6-7-15-39(38)43/h1-30H. The van der Waals surface area contributed by atoms with Crippen LogP contribution in [0.4, 0.5) is 17.1 Å². The average molecular weight is 655 g/mol. The Labute approximate surface area is 294 Å². The molecule has 0 saturated carbocycles. The summed E-state index contributed by atoms with van der Waals surface area (Å²) in [5, 5.41) is 10.1. The summed E-state index contributed by atoms with van der Waals surface area (Å²) in [7, 11) is 0. The van der Waals surface area contributed by atoms with E-state index in [0.29, 0.717) is 0 Å². The highest BCUT2D eigenvalue weighted by molar-refractivity contribution is 7.26. The first kappa shape index (κ1) is 28.7. The minimum absolute atomic E-state index is 1.06. The predicted octanol–water partition coefficient (Wildman–Crippen LogP) is 13.7. The Hall–Kier alpha value is -6.29. The predicted molar refractivity (Wildman–Crippen MR) is 215 cm³/mol. The van der Waals surface area contributed by atoms with Gasteiger partial charge in [-0.25, -0.2) is 4.98 Å². The van der Waals surface area contributed by atoms with Gasteiger partial charge in [-0.05, 0) is 103 Å². The van der Waals surface area contributed by atoms with E-state index in [2.05, 4.69) is 175 Å². The van der Waals surface area contributed by atoms with Crippen molar-refractivity contribution >= 4 is 81.0 Å². The van der Waals surface area contributed by atoms with Crippen LogP contribution in [0.15, 0.2) is 182 Å². The zero-order valence-electron chi connectivity index (χ0n) is 27.1. The maximum atomic E-state index is 4.72. The van der Waals surface area contributed by atoms with Crippen LogP contribution in [0.2, 0.25) is 0 Å². The van der Waals surface area contributed by atoms with Crippen LogP contribution in [0.25, 0.3) is 74.9 Å². The first-order valence-corrected chi connectivity index (χ1v) is 17.8. The highest BCUT2D eigenvalue weighted by atomic mass is 32.1. The highest BCUT2D eigenvalue weighted by Gasteiger charge is 2.19. The first-order valence-electron chi connectivity index (χ1n) is 17.0. The maximum absolute atomic E-state index is 4.72. The molecule has 0 aliphatic carbocycles. The monoisotopic (exact) mass is 654 g/mol. The highest BCUT2D eigenvalue weighted by Crippen LogP contribution is 2.45. The number of pyridine rings is 1. The molecule has 0 aliphatic heterocycles. The van der Waals surface area contributed by atoms with Crippen LogP contribution in [0.5, 0.6) is 0 Å². The number of nitrogens with zero attached hydrogens (tertiary/aromatic N) is 2. The normalized spacial score (nSPS) is 11.6. The van der Waals surface area contributed by atoms with Crippen LogP contribution in [0, 0.1) is 0 Å². The molecule has 0 radical (unpaired) electrons. The van der Waals surface area contributed by atoms with E-state index in [4.69, 9.17) is 4.98 Å². The molecule has 0 atom stereocenters. The Morgan fingerprint density at radius 1 is 0.400 bits per heavy atom. The van der Waals surface area contributed by atoms with Gasteiger partial charge in [0.25, 0.3) is 0 Å². The van der Waals surface area contributed by atoms with Crippen molar-refractivity contribution in [1.29, 1.82) is 0 Å². The second kappa shape index (κ2) is 11.7. The van der Waals surface area contributed by atoms with Crippen molar-refractivity contribution in [2.24, 2.45) is 0 Å². The molecule has 50 heavy (non-hydrogen) atoms. The van der Waals surface area contributed by atoms with Gasteiger partial charge in [0, 0.05) is 28.3 Å². The average Bonchev–Trinajstić information content (AvgIpc) is 3.58. The Morgan fingerprint density at radius 3 is 1.82 bits per heavy atom. The van der Waals surface area contributed by atoms with Gasteiger partial charge < -0.3 is 4.90 Å². The van der Waals surface area contributed by atoms with Gasteiger partial charge in [-0.1, -0.05) is 127 Å². The Kier molecular flexibility index (Phi) is 6.71. The molecule has 0 saturated heterocycles. The van der Waals surface area contributed by atoms with Gasteiger partial charge in [-0.2, -0.15) is 0 Å². The van der Waals surface area contributed by atoms with Gasteiger partial charge in [0.15, 0.2) is 0 Å². The number of anilines is 3. The molecule has 2 aromatic heterocycles. The quantitative estimate of drug-likeness (QED) is 0.172. The van der Waals surface area contributed by atoms with Crippen LogP contribution in [-0.4, -0.2) is 4.98 Å². The van der Waals surface area contributed by atoms with E-state index < -0.39 is 0 Å². The number of thiophene rings is 1. The largest absolute Gasteiger partial charge is 0.309 e. The summed E-state index contributed by atoms with van der Waals surface area (Å²) in [6, 6.07) is 63.8. The van der Waals surface area contributed by atoms with Crippen molar-refractivity contribution in [3.8, 4) is 22.3 Å². The molecule has 234 valence electrons. The Bertz CT molecular complexity index is 2850. The molecule has 10 aromatic rings. The number of aromatic nitrogens is 1. The van der Waals surface area contributed by atoms with Crippen molar-refractivity contribution in [1.82, 2.24) is 4.98 Å². The zero-order valence-corrected chi connectivity index (χ0v) is 27.9. The fraction of sp³-hybridized carbons (Fsp3) is 0. The fourth-order valence-corrected chi connectivity index (χ4v) is 8.69. The molecule has 0 amide bonds. The number of fused-ring (bicyclic) bond motifs is 8. The van der Waals surface area contributed by atoms with Crippen LogP contribution >= 0.6 is 11.3 Å². The summed E-state index contributed by atoms with van der Waals surface area (Å²) in [6.07, 6.45) is 1.88. The van der Waals surface area contributed by atoms with E-state index in [1.165, 1.54) is 70.0 Å². The second-order valence-corrected chi connectivity index (χ2v) is 13.8. The van der Waals surface area contributed by atoms with Crippen LogP contribution in [0.1, 0.15) is 0 Å². The van der Waals surface area contributed by atoms with Crippen molar-refractivity contribution in [2.45, 2.75) is 0 Å². The Balaban J connectivity index is 1.15. The Morgan fingerprint density at radius 2 is 1.02 bits per heavy atom. The summed E-state index contributed by atoms with van der Waals surface area (Å²) >= 11 is 1.76. The van der Waals surface area contributed by atoms with E-state index in [-0.39, 0.29) is 0 Å². The molecule has 0 bridgehead atoms. The topological polar surface area (TPSA) is 16.1 Å². The van der Waals surface area contributed by atoms with Crippen LogP contribution < -0.4 is 4.90 Å². The lowest BCUT2D eigenvalue weighted by Crippen LogP contribution is -2.10. The molecule has 2 nitrogen and oxygen atoms in total. The molecule has 0 unspecified atom stereocenters. The number of rotatable bonds is 5. The lowest BCUT2D eigenvalue weighted by Gasteiger charge is -2.26. The van der Waals surface area contributed by atoms with E-state index in [0.717, 1.165) is 21.9 Å². The molecule has 0 aliphatic rings. The summed E-state index contributed by atoms with van der Waals surface area (Å²) in [5.74, 6) is 0. The third kappa shape index (κ3) is 4.67. The second-order valence-electron chi connectivity index (χ2n) is 12.8. The van der Waals surface area contributed by atoms with Crippen molar-refractivity contribution in [2.75, 3.05) is 4.90 Å². The molecule has 10 rings (SSSR count). The molecule has 8 aromatic carbocycles. The summed E-state index contributed by atoms with van der Waals surface area (Å²) in [6.45, 7) is 0. The van der Waals surface area contributed by atoms with E-state index >= 15 is 0 Å². The van der Waals surface area contributed by atoms with Crippen molar-refractivity contribution in [3.63, 3.8) is 0 Å². The third-order valence-corrected chi connectivity index (χ3v) is 11.1. The van der Waals surface area contributed by atoms with Crippen molar-refractivity contribution in [3.05, 3.63) is 182 Å². The minimum Gasteiger partial charge on any atom is -0.309 e. The molecular formula is C47H30N2S. The van der Waals surface area contributed by atoms with Gasteiger partial charge in [0.1, 0.15) is 4.83 Å².